The molecule has 2 nitrogen and oxygen atoms in total. The molecule has 5 aromatic carbocycles. The standard InChI is InChI=1S/C36H24N2/c1-3-24-25(4-2)29-22-30-27-17-9-11-19-31(27)37(23-14-6-5-7-15-23)35(30)34-28-18-10-13-21-33(28)38(36(29)34)32-20-12-8-16-26(24)32/h3-22H,1-2H2. The maximum Gasteiger partial charge on any atom is 0.0641 e. The van der Waals surface area contributed by atoms with Gasteiger partial charge in [0.2, 0.25) is 0 Å². The molecule has 2 aromatic heterocycles. The number of rotatable bonds is 3. The highest BCUT2D eigenvalue weighted by Crippen LogP contribution is 2.48. The van der Waals surface area contributed by atoms with Crippen molar-refractivity contribution in [1.82, 2.24) is 9.13 Å². The first kappa shape index (κ1) is 21.0. The molecule has 0 saturated carbocycles. The van der Waals surface area contributed by atoms with E-state index in [4.69, 9.17) is 0 Å². The van der Waals surface area contributed by atoms with Crippen LogP contribution in [0.4, 0.5) is 0 Å². The van der Waals surface area contributed by atoms with E-state index >= 15 is 0 Å². The second-order valence-electron chi connectivity index (χ2n) is 9.84. The molecule has 0 bridgehead atoms. The van der Waals surface area contributed by atoms with Gasteiger partial charge in [-0.3, -0.25) is 0 Å². The highest BCUT2D eigenvalue weighted by atomic mass is 15.0. The summed E-state index contributed by atoms with van der Waals surface area (Å²) >= 11 is 0. The van der Waals surface area contributed by atoms with E-state index in [0.717, 1.165) is 28.1 Å². The molecule has 0 unspecified atom stereocenters. The number of hydrogen-bond donors (Lipinski definition) is 0. The third-order valence-corrected chi connectivity index (χ3v) is 8.01. The fraction of sp³-hybridized carbons (Fsp3) is 0. The van der Waals surface area contributed by atoms with E-state index in [-0.39, 0.29) is 0 Å². The first-order chi connectivity index (χ1) is 18.8. The number of fused-ring (bicyclic) bond motifs is 9. The average Bonchev–Trinajstić information content (AvgIpc) is 3.45. The Morgan fingerprint density at radius 2 is 1.11 bits per heavy atom. The van der Waals surface area contributed by atoms with Crippen molar-refractivity contribution in [3.8, 4) is 11.4 Å². The van der Waals surface area contributed by atoms with Crippen molar-refractivity contribution in [2.45, 2.75) is 0 Å². The van der Waals surface area contributed by atoms with Gasteiger partial charge < -0.3 is 9.13 Å². The summed E-state index contributed by atoms with van der Waals surface area (Å²) < 4.78 is 4.88. The third-order valence-electron chi connectivity index (χ3n) is 8.01. The predicted octanol–water partition coefficient (Wildman–Crippen LogP) is 9.48. The zero-order chi connectivity index (χ0) is 25.4. The average molecular weight is 485 g/mol. The molecular formula is C36H24N2. The zero-order valence-corrected chi connectivity index (χ0v) is 20.9. The minimum atomic E-state index is 1.11. The number of allylic oxidation sites excluding steroid dienone is 4. The van der Waals surface area contributed by atoms with Crippen molar-refractivity contribution >= 4 is 54.8 Å². The molecule has 2 heteroatoms. The van der Waals surface area contributed by atoms with Crippen LogP contribution in [0.1, 0.15) is 11.1 Å². The monoisotopic (exact) mass is 484 g/mol. The Labute approximate surface area is 220 Å². The fourth-order valence-electron chi connectivity index (χ4n) is 6.53. The summed E-state index contributed by atoms with van der Waals surface area (Å²) in [6.45, 7) is 8.52. The quantitative estimate of drug-likeness (QED) is 0.236. The molecule has 7 aromatic rings. The van der Waals surface area contributed by atoms with Gasteiger partial charge in [0, 0.05) is 38.4 Å². The van der Waals surface area contributed by atoms with Crippen molar-refractivity contribution in [3.63, 3.8) is 0 Å². The summed E-state index contributed by atoms with van der Waals surface area (Å²) in [5.74, 6) is 0. The maximum absolute atomic E-state index is 4.29. The molecular weight excluding hydrogens is 460 g/mol. The van der Waals surface area contributed by atoms with Gasteiger partial charge in [-0.15, -0.1) is 0 Å². The number of hydrogen-bond acceptors (Lipinski definition) is 0. The summed E-state index contributed by atoms with van der Waals surface area (Å²) in [6.07, 6.45) is 3.98. The summed E-state index contributed by atoms with van der Waals surface area (Å²) in [7, 11) is 0. The Kier molecular flexibility index (Phi) is 4.27. The van der Waals surface area contributed by atoms with E-state index in [1.807, 2.05) is 12.2 Å². The van der Waals surface area contributed by atoms with Crippen LogP contribution in [-0.2, 0) is 0 Å². The number of aromatic nitrogens is 2. The van der Waals surface area contributed by atoms with Crippen molar-refractivity contribution in [2.75, 3.05) is 0 Å². The van der Waals surface area contributed by atoms with E-state index in [0.29, 0.717) is 0 Å². The molecule has 1 aliphatic heterocycles. The lowest BCUT2D eigenvalue weighted by atomic mass is 9.92. The van der Waals surface area contributed by atoms with E-state index in [2.05, 4.69) is 131 Å². The molecule has 1 aliphatic rings. The van der Waals surface area contributed by atoms with Gasteiger partial charge >= 0.3 is 0 Å². The Hall–Kier alpha value is -5.08. The topological polar surface area (TPSA) is 9.86 Å². The third kappa shape index (κ3) is 2.56. The Morgan fingerprint density at radius 1 is 0.500 bits per heavy atom. The normalized spacial score (nSPS) is 12.8. The molecule has 0 saturated heterocycles. The lowest BCUT2D eigenvalue weighted by Crippen LogP contribution is -1.98. The van der Waals surface area contributed by atoms with Crippen LogP contribution in [0.2, 0.25) is 0 Å². The molecule has 178 valence electrons. The van der Waals surface area contributed by atoms with Gasteiger partial charge in [-0.25, -0.2) is 0 Å². The lowest BCUT2D eigenvalue weighted by Gasteiger charge is -2.12. The molecule has 8 rings (SSSR count). The summed E-state index contributed by atoms with van der Waals surface area (Å²) in [5, 5.41) is 4.98. The van der Waals surface area contributed by atoms with Gasteiger partial charge in [-0.1, -0.05) is 98.1 Å². The predicted molar refractivity (Wildman–Crippen MR) is 162 cm³/mol. The van der Waals surface area contributed by atoms with E-state index in [1.54, 1.807) is 0 Å². The number of para-hydroxylation sites is 4. The summed E-state index contributed by atoms with van der Waals surface area (Å²) in [6, 6.07) is 39.3. The van der Waals surface area contributed by atoms with Crippen LogP contribution >= 0.6 is 0 Å². The van der Waals surface area contributed by atoms with Gasteiger partial charge in [0.1, 0.15) is 0 Å². The highest BCUT2D eigenvalue weighted by Gasteiger charge is 2.28. The van der Waals surface area contributed by atoms with Gasteiger partial charge in [0.25, 0.3) is 0 Å². The van der Waals surface area contributed by atoms with Crippen LogP contribution < -0.4 is 0 Å². The molecule has 0 fully saturated rings. The Bertz CT molecular complexity index is 2150. The SMILES string of the molecule is C=CC1=C(C=C)c2cc3c4ccccc4n(-c4ccccc4)c3c3c4ccccc4n(c23)-c2ccccc21. The molecule has 0 radical (unpaired) electrons. The molecule has 0 aliphatic carbocycles. The Balaban J connectivity index is 1.75. The molecule has 0 N–H and O–H groups in total. The second kappa shape index (κ2) is 7.71. The smallest absolute Gasteiger partial charge is 0.0641 e. The number of benzene rings is 5. The maximum atomic E-state index is 4.29. The van der Waals surface area contributed by atoms with E-state index in [9.17, 15) is 0 Å². The Morgan fingerprint density at radius 3 is 1.87 bits per heavy atom. The highest BCUT2D eigenvalue weighted by molar-refractivity contribution is 6.29. The van der Waals surface area contributed by atoms with Crippen molar-refractivity contribution in [3.05, 3.63) is 146 Å². The molecule has 3 heterocycles. The minimum absolute atomic E-state index is 1.11. The molecule has 0 atom stereocenters. The van der Waals surface area contributed by atoms with Crippen molar-refractivity contribution in [1.29, 1.82) is 0 Å². The van der Waals surface area contributed by atoms with E-state index in [1.165, 1.54) is 49.2 Å². The van der Waals surface area contributed by atoms with Gasteiger partial charge in [0.05, 0.1) is 27.8 Å². The summed E-state index contributed by atoms with van der Waals surface area (Å²) in [4.78, 5) is 0. The molecule has 0 spiro atoms. The second-order valence-corrected chi connectivity index (χ2v) is 9.84. The molecule has 0 amide bonds. The van der Waals surface area contributed by atoms with Crippen molar-refractivity contribution in [2.24, 2.45) is 0 Å². The van der Waals surface area contributed by atoms with Gasteiger partial charge in [-0.2, -0.15) is 0 Å². The molecule has 38 heavy (non-hydrogen) atoms. The minimum Gasteiger partial charge on any atom is -0.309 e. The van der Waals surface area contributed by atoms with Crippen LogP contribution in [-0.4, -0.2) is 9.13 Å². The van der Waals surface area contributed by atoms with Gasteiger partial charge in [0.15, 0.2) is 0 Å². The summed E-state index contributed by atoms with van der Waals surface area (Å²) in [5.41, 5.74) is 11.7. The van der Waals surface area contributed by atoms with E-state index < -0.39 is 0 Å². The van der Waals surface area contributed by atoms with Crippen molar-refractivity contribution < 1.29 is 0 Å². The first-order valence-corrected chi connectivity index (χ1v) is 13.0. The first-order valence-electron chi connectivity index (χ1n) is 13.0. The van der Waals surface area contributed by atoms with Crippen LogP contribution in [0.3, 0.4) is 0 Å². The number of nitrogens with zero attached hydrogens (tertiary/aromatic N) is 2. The lowest BCUT2D eigenvalue weighted by molar-refractivity contribution is 1.17. The van der Waals surface area contributed by atoms with Crippen LogP contribution in [0.5, 0.6) is 0 Å². The fourth-order valence-corrected chi connectivity index (χ4v) is 6.53. The largest absolute Gasteiger partial charge is 0.309 e. The van der Waals surface area contributed by atoms with Crippen LogP contribution in [0.25, 0.3) is 66.1 Å². The van der Waals surface area contributed by atoms with Crippen LogP contribution in [0.15, 0.2) is 135 Å². The zero-order valence-electron chi connectivity index (χ0n) is 20.9. The van der Waals surface area contributed by atoms with Crippen LogP contribution in [0, 0.1) is 0 Å². The van der Waals surface area contributed by atoms with Gasteiger partial charge in [-0.05, 0) is 47.5 Å².